The average Bonchev–Trinajstić information content (AvgIpc) is 2.67. The third-order valence-corrected chi connectivity index (χ3v) is 4.53. The molecule has 2 aromatic carbocycles. The Hall–Kier alpha value is -2.90. The van der Waals surface area contributed by atoms with Gasteiger partial charge in [-0.2, -0.15) is 0 Å². The molecule has 2 amide bonds. The molecule has 0 fully saturated rings. The molecule has 0 saturated carbocycles. The normalized spacial score (nSPS) is 10.4. The first-order chi connectivity index (χ1) is 13.4. The van der Waals surface area contributed by atoms with Crippen molar-refractivity contribution in [3.05, 3.63) is 92.3 Å². The van der Waals surface area contributed by atoms with Crippen molar-refractivity contribution in [2.75, 3.05) is 10.6 Å². The Morgan fingerprint density at radius 3 is 2.43 bits per heavy atom. The summed E-state index contributed by atoms with van der Waals surface area (Å²) in [5, 5.41) is 6.00. The van der Waals surface area contributed by atoms with Gasteiger partial charge in [-0.3, -0.25) is 14.4 Å². The number of rotatable bonds is 5. The maximum Gasteiger partial charge on any atom is 0.257 e. The van der Waals surface area contributed by atoms with Gasteiger partial charge in [0.15, 0.2) is 0 Å². The topological polar surface area (TPSA) is 80.2 Å². The number of nitrogens with one attached hydrogen (secondary N) is 2. The lowest BCUT2D eigenvalue weighted by Gasteiger charge is -2.12. The molecule has 3 aromatic rings. The number of benzene rings is 2. The van der Waals surface area contributed by atoms with E-state index in [4.69, 9.17) is 11.6 Å². The number of halogens is 2. The zero-order valence-electron chi connectivity index (χ0n) is 14.5. The number of aromatic nitrogens is 1. The molecule has 0 aliphatic rings. The molecule has 3 rings (SSSR count). The molecular formula is C20H15BrClN3O3. The molecule has 0 radical (unpaired) electrons. The van der Waals surface area contributed by atoms with Crippen LogP contribution in [0, 0.1) is 0 Å². The maximum atomic E-state index is 12.6. The van der Waals surface area contributed by atoms with Crippen LogP contribution in [-0.2, 0) is 11.3 Å². The van der Waals surface area contributed by atoms with Gasteiger partial charge in [0.05, 0.1) is 11.3 Å². The molecule has 0 spiro atoms. The molecule has 1 aromatic heterocycles. The number of pyridine rings is 1. The fourth-order valence-corrected chi connectivity index (χ4v) is 3.00. The summed E-state index contributed by atoms with van der Waals surface area (Å²) in [6.45, 7) is -0.175. The largest absolute Gasteiger partial charge is 0.324 e. The number of hydrogen-bond acceptors (Lipinski definition) is 3. The number of carbonyl (C=O) groups is 2. The fraction of sp³-hybridized carbons (Fsp3) is 0.0500. The van der Waals surface area contributed by atoms with Crippen LogP contribution in [0.1, 0.15) is 10.4 Å². The van der Waals surface area contributed by atoms with Crippen LogP contribution in [0.2, 0.25) is 5.02 Å². The van der Waals surface area contributed by atoms with E-state index >= 15 is 0 Å². The highest BCUT2D eigenvalue weighted by Gasteiger charge is 2.14. The molecule has 8 heteroatoms. The molecule has 0 aliphatic heterocycles. The van der Waals surface area contributed by atoms with Gasteiger partial charge in [-0.25, -0.2) is 0 Å². The second-order valence-corrected chi connectivity index (χ2v) is 7.22. The molecular weight excluding hydrogens is 446 g/mol. The summed E-state index contributed by atoms with van der Waals surface area (Å²) in [4.78, 5) is 36.8. The Balaban J connectivity index is 1.75. The first kappa shape index (κ1) is 19.9. The highest BCUT2D eigenvalue weighted by atomic mass is 79.9. The van der Waals surface area contributed by atoms with E-state index in [9.17, 15) is 14.4 Å². The lowest BCUT2D eigenvalue weighted by molar-refractivity contribution is -0.116. The monoisotopic (exact) mass is 459 g/mol. The Morgan fingerprint density at radius 2 is 1.68 bits per heavy atom. The highest BCUT2D eigenvalue weighted by molar-refractivity contribution is 9.10. The van der Waals surface area contributed by atoms with E-state index in [1.165, 1.54) is 16.8 Å². The zero-order chi connectivity index (χ0) is 20.1. The highest BCUT2D eigenvalue weighted by Crippen LogP contribution is 2.19. The van der Waals surface area contributed by atoms with Crippen molar-refractivity contribution in [2.24, 2.45) is 0 Å². The van der Waals surface area contributed by atoms with Gasteiger partial charge in [0.25, 0.3) is 11.5 Å². The predicted molar refractivity (Wildman–Crippen MR) is 113 cm³/mol. The molecule has 28 heavy (non-hydrogen) atoms. The first-order valence-electron chi connectivity index (χ1n) is 8.24. The van der Waals surface area contributed by atoms with E-state index in [-0.39, 0.29) is 18.0 Å². The van der Waals surface area contributed by atoms with Gasteiger partial charge in [0, 0.05) is 27.4 Å². The lowest BCUT2D eigenvalue weighted by Crippen LogP contribution is -2.27. The van der Waals surface area contributed by atoms with E-state index in [2.05, 4.69) is 26.6 Å². The molecule has 0 atom stereocenters. The number of anilines is 2. The van der Waals surface area contributed by atoms with Crippen molar-refractivity contribution < 1.29 is 9.59 Å². The van der Waals surface area contributed by atoms with Crippen molar-refractivity contribution in [3.63, 3.8) is 0 Å². The van der Waals surface area contributed by atoms with Crippen molar-refractivity contribution in [3.8, 4) is 0 Å². The summed E-state index contributed by atoms with van der Waals surface area (Å²) in [5.74, 6) is -0.801. The van der Waals surface area contributed by atoms with Gasteiger partial charge in [-0.1, -0.05) is 23.7 Å². The Morgan fingerprint density at radius 1 is 0.964 bits per heavy atom. The van der Waals surface area contributed by atoms with E-state index in [0.717, 1.165) is 0 Å². The SMILES string of the molecule is O=C(Cn1cc(Br)ccc1=O)Nc1ccccc1C(=O)Nc1ccc(Cl)cc1. The number of amides is 2. The van der Waals surface area contributed by atoms with Crippen LogP contribution < -0.4 is 16.2 Å². The summed E-state index contributed by atoms with van der Waals surface area (Å²) >= 11 is 9.11. The van der Waals surface area contributed by atoms with Gasteiger partial charge in [0.2, 0.25) is 5.91 Å². The third kappa shape index (κ3) is 5.09. The van der Waals surface area contributed by atoms with Crippen LogP contribution in [0.3, 0.4) is 0 Å². The average molecular weight is 461 g/mol. The second-order valence-electron chi connectivity index (χ2n) is 5.87. The van der Waals surface area contributed by atoms with Crippen molar-refractivity contribution in [1.82, 2.24) is 4.57 Å². The van der Waals surface area contributed by atoms with Gasteiger partial charge in [-0.05, 0) is 58.4 Å². The van der Waals surface area contributed by atoms with Crippen LogP contribution in [0.15, 0.2) is 76.1 Å². The fourth-order valence-electron chi connectivity index (χ4n) is 2.49. The van der Waals surface area contributed by atoms with Crippen LogP contribution in [0.4, 0.5) is 11.4 Å². The molecule has 6 nitrogen and oxygen atoms in total. The molecule has 2 N–H and O–H groups in total. The summed E-state index contributed by atoms with van der Waals surface area (Å²) < 4.78 is 1.96. The third-order valence-electron chi connectivity index (χ3n) is 3.81. The Bertz CT molecular complexity index is 1080. The smallest absolute Gasteiger partial charge is 0.257 e. The van der Waals surface area contributed by atoms with Crippen molar-refractivity contribution in [1.29, 1.82) is 0 Å². The van der Waals surface area contributed by atoms with Gasteiger partial charge in [-0.15, -0.1) is 0 Å². The molecule has 0 bridgehead atoms. The minimum Gasteiger partial charge on any atom is -0.324 e. The molecule has 0 aliphatic carbocycles. The summed E-state index contributed by atoms with van der Waals surface area (Å²) in [5.41, 5.74) is 0.928. The number of hydrogen-bond donors (Lipinski definition) is 2. The van der Waals surface area contributed by atoms with E-state index < -0.39 is 5.91 Å². The van der Waals surface area contributed by atoms with Gasteiger partial charge >= 0.3 is 0 Å². The lowest BCUT2D eigenvalue weighted by atomic mass is 10.1. The molecule has 0 unspecified atom stereocenters. The molecule has 0 saturated heterocycles. The van der Waals surface area contributed by atoms with E-state index in [1.807, 2.05) is 0 Å². The first-order valence-corrected chi connectivity index (χ1v) is 9.41. The van der Waals surface area contributed by atoms with Crippen molar-refractivity contribution >= 4 is 50.7 Å². The molecule has 142 valence electrons. The van der Waals surface area contributed by atoms with Gasteiger partial charge < -0.3 is 15.2 Å². The summed E-state index contributed by atoms with van der Waals surface area (Å²) in [6, 6.07) is 16.3. The minimum absolute atomic E-state index is 0.175. The standard InChI is InChI=1S/C20H15BrClN3O3/c21-13-5-10-19(27)25(11-13)12-18(26)24-17-4-2-1-3-16(17)20(28)23-15-8-6-14(22)7-9-15/h1-11H,12H2,(H,23,28)(H,24,26). The second kappa shape index (κ2) is 8.86. The number of para-hydroxylation sites is 1. The zero-order valence-corrected chi connectivity index (χ0v) is 16.8. The van der Waals surface area contributed by atoms with Crippen LogP contribution >= 0.6 is 27.5 Å². The van der Waals surface area contributed by atoms with E-state index in [0.29, 0.717) is 26.4 Å². The number of nitrogens with zero attached hydrogens (tertiary/aromatic N) is 1. The van der Waals surface area contributed by atoms with Gasteiger partial charge in [0.1, 0.15) is 6.54 Å². The molecule has 1 heterocycles. The number of carbonyl (C=O) groups excluding carboxylic acids is 2. The van der Waals surface area contributed by atoms with Crippen LogP contribution in [0.25, 0.3) is 0 Å². The Labute approximate surface area is 174 Å². The summed E-state index contributed by atoms with van der Waals surface area (Å²) in [6.07, 6.45) is 1.53. The van der Waals surface area contributed by atoms with Crippen LogP contribution in [0.5, 0.6) is 0 Å². The van der Waals surface area contributed by atoms with Crippen LogP contribution in [-0.4, -0.2) is 16.4 Å². The van der Waals surface area contributed by atoms with E-state index in [1.54, 1.807) is 54.6 Å². The maximum absolute atomic E-state index is 12.6. The predicted octanol–water partition coefficient (Wildman–Crippen LogP) is 4.16. The summed E-state index contributed by atoms with van der Waals surface area (Å²) in [7, 11) is 0. The minimum atomic E-state index is -0.424. The van der Waals surface area contributed by atoms with Crippen molar-refractivity contribution in [2.45, 2.75) is 6.54 Å². The quantitative estimate of drug-likeness (QED) is 0.600. The Kier molecular flexibility index (Phi) is 6.28.